The summed E-state index contributed by atoms with van der Waals surface area (Å²) in [5.41, 5.74) is 0.176. The zero-order valence-electron chi connectivity index (χ0n) is 11.4. The Kier molecular flexibility index (Phi) is 6.39. The minimum absolute atomic E-state index is 0.0221. The molecule has 1 N–H and O–H groups in total. The molecule has 0 aromatic rings. The SMILES string of the molecule is CC(C)C(Cl)CNC(=O)CC(C)C(C)(C)C. The Morgan fingerprint density at radius 2 is 1.75 bits per heavy atom. The van der Waals surface area contributed by atoms with Crippen molar-refractivity contribution in [2.75, 3.05) is 6.54 Å². The molecule has 0 rings (SSSR count). The van der Waals surface area contributed by atoms with Crippen LogP contribution in [0.25, 0.3) is 0 Å². The zero-order valence-corrected chi connectivity index (χ0v) is 12.2. The maximum absolute atomic E-state index is 11.7. The van der Waals surface area contributed by atoms with Gasteiger partial charge in [-0.15, -0.1) is 11.6 Å². The van der Waals surface area contributed by atoms with Crippen LogP contribution in [0.5, 0.6) is 0 Å². The number of halogens is 1. The first-order chi connectivity index (χ1) is 7.14. The molecule has 0 saturated heterocycles. The second-order valence-corrected chi connectivity index (χ2v) is 6.60. The molecule has 0 spiro atoms. The second-order valence-electron chi connectivity index (χ2n) is 6.04. The van der Waals surface area contributed by atoms with Crippen molar-refractivity contribution in [3.8, 4) is 0 Å². The van der Waals surface area contributed by atoms with E-state index in [0.29, 0.717) is 24.8 Å². The van der Waals surface area contributed by atoms with Crippen molar-refractivity contribution in [2.24, 2.45) is 17.3 Å². The number of rotatable bonds is 5. The summed E-state index contributed by atoms with van der Waals surface area (Å²) in [6.45, 7) is 13.3. The summed E-state index contributed by atoms with van der Waals surface area (Å²) in [6, 6.07) is 0. The van der Waals surface area contributed by atoms with Crippen LogP contribution < -0.4 is 5.32 Å². The van der Waals surface area contributed by atoms with E-state index >= 15 is 0 Å². The summed E-state index contributed by atoms with van der Waals surface area (Å²) in [7, 11) is 0. The van der Waals surface area contributed by atoms with Gasteiger partial charge >= 0.3 is 0 Å². The molecule has 0 aliphatic rings. The van der Waals surface area contributed by atoms with E-state index < -0.39 is 0 Å². The van der Waals surface area contributed by atoms with Gasteiger partial charge < -0.3 is 5.32 Å². The largest absolute Gasteiger partial charge is 0.355 e. The van der Waals surface area contributed by atoms with Crippen LogP contribution in [0.4, 0.5) is 0 Å². The molecule has 0 aliphatic heterocycles. The molecule has 0 aromatic heterocycles. The Morgan fingerprint density at radius 1 is 1.25 bits per heavy atom. The van der Waals surface area contributed by atoms with Crippen LogP contribution >= 0.6 is 11.6 Å². The van der Waals surface area contributed by atoms with Gasteiger partial charge in [-0.3, -0.25) is 4.79 Å². The molecule has 2 atom stereocenters. The van der Waals surface area contributed by atoms with Crippen molar-refractivity contribution in [3.63, 3.8) is 0 Å². The number of hydrogen-bond donors (Lipinski definition) is 1. The molecule has 0 radical (unpaired) electrons. The number of hydrogen-bond acceptors (Lipinski definition) is 1. The second kappa shape index (κ2) is 6.48. The van der Waals surface area contributed by atoms with E-state index in [-0.39, 0.29) is 16.7 Å². The summed E-state index contributed by atoms with van der Waals surface area (Å²) in [5.74, 6) is 0.871. The standard InChI is InChI=1S/C13H26ClNO/c1-9(2)11(14)8-15-12(16)7-10(3)13(4,5)6/h9-11H,7-8H2,1-6H3,(H,15,16). The Morgan fingerprint density at radius 3 is 2.12 bits per heavy atom. The van der Waals surface area contributed by atoms with Crippen molar-refractivity contribution in [1.29, 1.82) is 0 Å². The molecule has 0 saturated carbocycles. The minimum atomic E-state index is 0.0221. The summed E-state index contributed by atoms with van der Waals surface area (Å²) >= 11 is 6.07. The van der Waals surface area contributed by atoms with Gasteiger partial charge in [0, 0.05) is 13.0 Å². The van der Waals surface area contributed by atoms with Gasteiger partial charge in [0.2, 0.25) is 5.91 Å². The average molecular weight is 248 g/mol. The van der Waals surface area contributed by atoms with E-state index in [1.165, 1.54) is 0 Å². The lowest BCUT2D eigenvalue weighted by Gasteiger charge is -2.26. The lowest BCUT2D eigenvalue weighted by molar-refractivity contribution is -0.122. The fourth-order valence-electron chi connectivity index (χ4n) is 1.10. The topological polar surface area (TPSA) is 29.1 Å². The van der Waals surface area contributed by atoms with Crippen molar-refractivity contribution in [2.45, 2.75) is 53.3 Å². The summed E-state index contributed by atoms with van der Waals surface area (Å²) in [5, 5.41) is 2.92. The number of alkyl halides is 1. The number of amides is 1. The minimum Gasteiger partial charge on any atom is -0.355 e. The maximum atomic E-state index is 11.7. The quantitative estimate of drug-likeness (QED) is 0.741. The van der Waals surface area contributed by atoms with E-state index in [4.69, 9.17) is 11.6 Å². The highest BCUT2D eigenvalue weighted by Crippen LogP contribution is 2.27. The van der Waals surface area contributed by atoms with Crippen LogP contribution in [0.15, 0.2) is 0 Å². The normalized spacial score (nSPS) is 16.0. The van der Waals surface area contributed by atoms with Crippen LogP contribution in [0, 0.1) is 17.3 Å². The van der Waals surface area contributed by atoms with Gasteiger partial charge in [0.1, 0.15) is 0 Å². The van der Waals surface area contributed by atoms with Crippen LogP contribution in [-0.2, 0) is 4.79 Å². The van der Waals surface area contributed by atoms with E-state index in [1.54, 1.807) is 0 Å². The molecule has 3 heteroatoms. The van der Waals surface area contributed by atoms with Crippen molar-refractivity contribution < 1.29 is 4.79 Å². The van der Waals surface area contributed by atoms with E-state index in [9.17, 15) is 4.79 Å². The van der Waals surface area contributed by atoms with Crippen molar-refractivity contribution in [3.05, 3.63) is 0 Å². The average Bonchev–Trinajstić information content (AvgIpc) is 2.12. The Labute approximate surface area is 105 Å². The highest BCUT2D eigenvalue weighted by molar-refractivity contribution is 6.21. The van der Waals surface area contributed by atoms with Gasteiger partial charge in [-0.1, -0.05) is 41.5 Å². The molecule has 96 valence electrons. The molecule has 2 nitrogen and oxygen atoms in total. The fraction of sp³-hybridized carbons (Fsp3) is 0.923. The van der Waals surface area contributed by atoms with Gasteiger partial charge in [0.05, 0.1) is 5.38 Å². The molecule has 1 amide bonds. The summed E-state index contributed by atoms with van der Waals surface area (Å²) in [4.78, 5) is 11.7. The first-order valence-electron chi connectivity index (χ1n) is 6.05. The van der Waals surface area contributed by atoms with Crippen molar-refractivity contribution in [1.82, 2.24) is 5.32 Å². The Hall–Kier alpha value is -0.240. The highest BCUT2D eigenvalue weighted by Gasteiger charge is 2.22. The van der Waals surface area contributed by atoms with Crippen LogP contribution in [-0.4, -0.2) is 17.8 Å². The maximum Gasteiger partial charge on any atom is 0.220 e. The monoisotopic (exact) mass is 247 g/mol. The Bertz CT molecular complexity index is 220. The molecule has 0 aliphatic carbocycles. The third kappa shape index (κ3) is 6.37. The molecule has 2 unspecified atom stereocenters. The molecular weight excluding hydrogens is 222 g/mol. The van der Waals surface area contributed by atoms with Gasteiger partial charge in [-0.25, -0.2) is 0 Å². The predicted molar refractivity (Wildman–Crippen MR) is 70.7 cm³/mol. The van der Waals surface area contributed by atoms with E-state index in [0.717, 1.165) is 0 Å². The third-order valence-electron chi connectivity index (χ3n) is 3.19. The first kappa shape index (κ1) is 15.8. The third-order valence-corrected chi connectivity index (χ3v) is 3.85. The molecule has 0 aromatic carbocycles. The van der Waals surface area contributed by atoms with Gasteiger partial charge in [-0.05, 0) is 17.3 Å². The smallest absolute Gasteiger partial charge is 0.220 e. The Balaban J connectivity index is 3.92. The summed E-state index contributed by atoms with van der Waals surface area (Å²) < 4.78 is 0. The van der Waals surface area contributed by atoms with Gasteiger partial charge in [0.15, 0.2) is 0 Å². The first-order valence-corrected chi connectivity index (χ1v) is 6.49. The van der Waals surface area contributed by atoms with E-state index in [1.807, 2.05) is 0 Å². The number of nitrogens with one attached hydrogen (secondary N) is 1. The van der Waals surface area contributed by atoms with Crippen LogP contribution in [0.2, 0.25) is 0 Å². The molecule has 16 heavy (non-hydrogen) atoms. The zero-order chi connectivity index (χ0) is 12.9. The lowest BCUT2D eigenvalue weighted by atomic mass is 9.80. The van der Waals surface area contributed by atoms with Crippen LogP contribution in [0.3, 0.4) is 0 Å². The molecule has 0 heterocycles. The van der Waals surface area contributed by atoms with Gasteiger partial charge in [-0.2, -0.15) is 0 Å². The molecule has 0 bridgehead atoms. The lowest BCUT2D eigenvalue weighted by Crippen LogP contribution is -2.34. The molecular formula is C13H26ClNO. The number of carbonyl (C=O) groups excluding carboxylic acids is 1. The molecule has 0 fully saturated rings. The highest BCUT2D eigenvalue weighted by atomic mass is 35.5. The fourth-order valence-corrected chi connectivity index (χ4v) is 1.18. The number of carbonyl (C=O) groups is 1. The van der Waals surface area contributed by atoms with Gasteiger partial charge in [0.25, 0.3) is 0 Å². The van der Waals surface area contributed by atoms with Crippen molar-refractivity contribution >= 4 is 17.5 Å². The van der Waals surface area contributed by atoms with E-state index in [2.05, 4.69) is 46.9 Å². The summed E-state index contributed by atoms with van der Waals surface area (Å²) in [6.07, 6.45) is 0.575. The predicted octanol–water partition coefficient (Wildman–Crippen LogP) is 3.44. The van der Waals surface area contributed by atoms with Crippen LogP contribution in [0.1, 0.15) is 48.0 Å².